The Kier molecular flexibility index (Phi) is 6.73. The van der Waals surface area contributed by atoms with Crippen LogP contribution in [0.15, 0.2) is 23.8 Å². The minimum absolute atomic E-state index is 0.365. The lowest BCUT2D eigenvalue weighted by Gasteiger charge is -2.05. The van der Waals surface area contributed by atoms with Crippen LogP contribution in [-0.2, 0) is 0 Å². The second-order valence-corrected chi connectivity index (χ2v) is 3.20. The van der Waals surface area contributed by atoms with Crippen LogP contribution in [0.4, 0.5) is 4.39 Å². The summed E-state index contributed by atoms with van der Waals surface area (Å²) in [5.41, 5.74) is 1.24. The summed E-state index contributed by atoms with van der Waals surface area (Å²) in [5.74, 6) is 0.499. The summed E-state index contributed by atoms with van der Waals surface area (Å²) in [4.78, 5) is 0. The summed E-state index contributed by atoms with van der Waals surface area (Å²) < 4.78 is 11.8. The Morgan fingerprint density at radius 3 is 2.50 bits per heavy atom. The molecule has 0 radical (unpaired) electrons. The topological polar surface area (TPSA) is 0 Å². The quantitative estimate of drug-likeness (QED) is 0.549. The monoisotopic (exact) mass is 170 g/mol. The van der Waals surface area contributed by atoms with Crippen molar-refractivity contribution in [3.8, 4) is 0 Å². The van der Waals surface area contributed by atoms with Crippen LogP contribution in [0.5, 0.6) is 0 Å². The van der Waals surface area contributed by atoms with Gasteiger partial charge in [0.2, 0.25) is 0 Å². The average Bonchev–Trinajstić information content (AvgIpc) is 2.04. The maximum absolute atomic E-state index is 11.8. The average molecular weight is 170 g/mol. The first-order valence-electron chi connectivity index (χ1n) is 4.64. The van der Waals surface area contributed by atoms with E-state index in [1.54, 1.807) is 6.08 Å². The number of halogens is 1. The van der Waals surface area contributed by atoms with E-state index in [1.807, 2.05) is 6.08 Å². The molecule has 0 aromatic carbocycles. The molecule has 0 aromatic heterocycles. The van der Waals surface area contributed by atoms with E-state index in [4.69, 9.17) is 0 Å². The molecule has 0 bridgehead atoms. The highest BCUT2D eigenvalue weighted by atomic mass is 19.1. The van der Waals surface area contributed by atoms with Crippen LogP contribution >= 0.6 is 0 Å². The van der Waals surface area contributed by atoms with Gasteiger partial charge in [-0.2, -0.15) is 0 Å². The Morgan fingerprint density at radius 2 is 2.08 bits per heavy atom. The Bertz CT molecular complexity index is 154. The van der Waals surface area contributed by atoms with Gasteiger partial charge in [-0.1, -0.05) is 45.4 Å². The zero-order chi connectivity index (χ0) is 9.40. The molecule has 0 aromatic rings. The summed E-state index contributed by atoms with van der Waals surface area (Å²) in [7, 11) is 0. The Morgan fingerprint density at radius 1 is 1.42 bits per heavy atom. The van der Waals surface area contributed by atoms with E-state index in [1.165, 1.54) is 5.57 Å². The molecule has 0 unspecified atom stereocenters. The minimum atomic E-state index is -0.365. The molecule has 0 N–H and O–H groups in total. The fourth-order valence-corrected chi connectivity index (χ4v) is 0.988. The second kappa shape index (κ2) is 7.08. The molecule has 1 heteroatoms. The number of alkyl halides is 1. The van der Waals surface area contributed by atoms with Crippen molar-refractivity contribution in [2.75, 3.05) is 6.67 Å². The highest BCUT2D eigenvalue weighted by molar-refractivity contribution is 5.20. The third-order valence-corrected chi connectivity index (χ3v) is 1.73. The van der Waals surface area contributed by atoms with Gasteiger partial charge in [0.15, 0.2) is 0 Å². The smallest absolute Gasteiger partial charge is 0.108 e. The van der Waals surface area contributed by atoms with Crippen LogP contribution in [0.3, 0.4) is 0 Å². The van der Waals surface area contributed by atoms with E-state index in [2.05, 4.69) is 26.8 Å². The number of allylic oxidation sites excluding steroid dienone is 4. The fourth-order valence-electron chi connectivity index (χ4n) is 0.988. The normalized spacial score (nSPS) is 13.2. The first-order valence-corrected chi connectivity index (χ1v) is 4.64. The summed E-state index contributed by atoms with van der Waals surface area (Å²) in [6.07, 6.45) is 7.89. The van der Waals surface area contributed by atoms with E-state index in [9.17, 15) is 4.39 Å². The molecule has 0 heterocycles. The molecule has 0 nitrogen and oxygen atoms in total. The summed E-state index contributed by atoms with van der Waals surface area (Å²) >= 11 is 0. The molecule has 0 aliphatic rings. The van der Waals surface area contributed by atoms with Crippen molar-refractivity contribution in [1.29, 1.82) is 0 Å². The predicted molar refractivity (Wildman–Crippen MR) is 52.9 cm³/mol. The Balaban J connectivity index is 4.12. The Hall–Kier alpha value is -0.590. The molecule has 0 aliphatic heterocycles. The van der Waals surface area contributed by atoms with Gasteiger partial charge in [-0.3, -0.25) is 0 Å². The molecule has 70 valence electrons. The standard InChI is InChI=1S/C11H19F/c1-4-5-7-11(10(2)3)8-6-9-12/h6-8,10H,4-5,9H2,1-3H3/b8-6-,11-7+. The van der Waals surface area contributed by atoms with E-state index in [0.29, 0.717) is 5.92 Å². The fraction of sp³-hybridized carbons (Fsp3) is 0.636. The highest BCUT2D eigenvalue weighted by Crippen LogP contribution is 2.12. The minimum Gasteiger partial charge on any atom is -0.247 e. The molecule has 0 rings (SSSR count). The maximum atomic E-state index is 11.8. The molecule has 0 amide bonds. The molecule has 0 saturated heterocycles. The molecule has 0 fully saturated rings. The highest BCUT2D eigenvalue weighted by Gasteiger charge is 1.96. The molecule has 12 heavy (non-hydrogen) atoms. The van der Waals surface area contributed by atoms with Crippen LogP contribution in [-0.4, -0.2) is 6.67 Å². The molecule has 0 saturated carbocycles. The third-order valence-electron chi connectivity index (χ3n) is 1.73. The lowest BCUT2D eigenvalue weighted by atomic mass is 10.0. The summed E-state index contributed by atoms with van der Waals surface area (Å²) in [6, 6.07) is 0. The predicted octanol–water partition coefficient (Wildman–Crippen LogP) is 3.89. The molecule has 0 spiro atoms. The lowest BCUT2D eigenvalue weighted by Crippen LogP contribution is -1.90. The summed E-state index contributed by atoms with van der Waals surface area (Å²) in [5, 5.41) is 0. The van der Waals surface area contributed by atoms with Crippen LogP contribution < -0.4 is 0 Å². The van der Waals surface area contributed by atoms with E-state index < -0.39 is 0 Å². The number of hydrogen-bond donors (Lipinski definition) is 0. The van der Waals surface area contributed by atoms with Gasteiger partial charge in [-0.15, -0.1) is 0 Å². The van der Waals surface area contributed by atoms with Gasteiger partial charge in [-0.25, -0.2) is 4.39 Å². The largest absolute Gasteiger partial charge is 0.247 e. The van der Waals surface area contributed by atoms with Gasteiger partial charge in [0.1, 0.15) is 6.67 Å². The van der Waals surface area contributed by atoms with Gasteiger partial charge >= 0.3 is 0 Å². The SMILES string of the molecule is CCC/C=C(\C=C/CF)C(C)C. The molecule has 0 atom stereocenters. The van der Waals surface area contributed by atoms with Crippen molar-refractivity contribution in [3.63, 3.8) is 0 Å². The van der Waals surface area contributed by atoms with Crippen molar-refractivity contribution < 1.29 is 4.39 Å². The first kappa shape index (κ1) is 11.4. The zero-order valence-electron chi connectivity index (χ0n) is 8.31. The van der Waals surface area contributed by atoms with Gasteiger partial charge in [-0.05, 0) is 17.9 Å². The van der Waals surface area contributed by atoms with Crippen LogP contribution in [0, 0.1) is 5.92 Å². The van der Waals surface area contributed by atoms with E-state index in [-0.39, 0.29) is 6.67 Å². The van der Waals surface area contributed by atoms with Gasteiger partial charge in [0, 0.05) is 0 Å². The zero-order valence-corrected chi connectivity index (χ0v) is 8.31. The second-order valence-electron chi connectivity index (χ2n) is 3.20. The third kappa shape index (κ3) is 5.11. The first-order chi connectivity index (χ1) is 5.72. The van der Waals surface area contributed by atoms with Crippen LogP contribution in [0.1, 0.15) is 33.6 Å². The van der Waals surface area contributed by atoms with E-state index >= 15 is 0 Å². The number of hydrogen-bond acceptors (Lipinski definition) is 0. The molecular formula is C11H19F. The van der Waals surface area contributed by atoms with Crippen LogP contribution in [0.25, 0.3) is 0 Å². The molecule has 0 aliphatic carbocycles. The van der Waals surface area contributed by atoms with Crippen molar-refractivity contribution in [1.82, 2.24) is 0 Å². The van der Waals surface area contributed by atoms with Crippen molar-refractivity contribution >= 4 is 0 Å². The van der Waals surface area contributed by atoms with Gasteiger partial charge in [0.05, 0.1) is 0 Å². The maximum Gasteiger partial charge on any atom is 0.108 e. The van der Waals surface area contributed by atoms with Gasteiger partial charge in [0.25, 0.3) is 0 Å². The summed E-state index contributed by atoms with van der Waals surface area (Å²) in [6.45, 7) is 6.04. The number of unbranched alkanes of at least 4 members (excludes halogenated alkanes) is 1. The Labute approximate surface area is 75.2 Å². The lowest BCUT2D eigenvalue weighted by molar-refractivity contribution is 0.561. The van der Waals surface area contributed by atoms with Gasteiger partial charge < -0.3 is 0 Å². The van der Waals surface area contributed by atoms with E-state index in [0.717, 1.165) is 12.8 Å². The molecular weight excluding hydrogens is 151 g/mol. The van der Waals surface area contributed by atoms with Crippen molar-refractivity contribution in [3.05, 3.63) is 23.8 Å². The van der Waals surface area contributed by atoms with Crippen molar-refractivity contribution in [2.45, 2.75) is 33.6 Å². The van der Waals surface area contributed by atoms with Crippen LogP contribution in [0.2, 0.25) is 0 Å². The van der Waals surface area contributed by atoms with Crippen molar-refractivity contribution in [2.24, 2.45) is 5.92 Å². The number of rotatable bonds is 5.